The minimum atomic E-state index is 0.771. The molecule has 4 nitrogen and oxygen atoms in total. The van der Waals surface area contributed by atoms with Gasteiger partial charge in [0.25, 0.3) is 0 Å². The summed E-state index contributed by atoms with van der Waals surface area (Å²) < 4.78 is 18.0. The van der Waals surface area contributed by atoms with Crippen LogP contribution >= 0.6 is 0 Å². The average molecular weight is 684 g/mol. The Morgan fingerprint density at radius 1 is 0.385 bits per heavy atom. The fourth-order valence-corrected chi connectivity index (χ4v) is 6.37. The van der Waals surface area contributed by atoms with Gasteiger partial charge in [-0.25, -0.2) is 0 Å². The van der Waals surface area contributed by atoms with Gasteiger partial charge in [-0.2, -0.15) is 0 Å². The molecular formula is C48H45NO3. The maximum Gasteiger partial charge on any atom is 0.128 e. The molecule has 6 rings (SSSR count). The van der Waals surface area contributed by atoms with E-state index >= 15 is 0 Å². The molecule has 52 heavy (non-hydrogen) atoms. The fourth-order valence-electron chi connectivity index (χ4n) is 6.37. The maximum absolute atomic E-state index is 6.01. The van der Waals surface area contributed by atoms with Crippen molar-refractivity contribution in [2.24, 2.45) is 0 Å². The second kappa shape index (κ2) is 16.6. The summed E-state index contributed by atoms with van der Waals surface area (Å²) in [6, 6.07) is 50.2. The number of anilines is 3. The normalized spacial score (nSPS) is 12.0. The van der Waals surface area contributed by atoms with Crippen LogP contribution in [0.3, 0.4) is 0 Å². The van der Waals surface area contributed by atoms with Gasteiger partial charge in [0.2, 0.25) is 0 Å². The smallest absolute Gasteiger partial charge is 0.128 e. The topological polar surface area (TPSA) is 30.9 Å². The van der Waals surface area contributed by atoms with Gasteiger partial charge in [-0.3, -0.25) is 0 Å². The molecule has 0 aromatic heterocycles. The van der Waals surface area contributed by atoms with E-state index < -0.39 is 0 Å². The minimum Gasteiger partial charge on any atom is -0.496 e. The van der Waals surface area contributed by atoms with E-state index in [4.69, 9.17) is 14.2 Å². The number of ether oxygens (including phenoxy) is 3. The Labute approximate surface area is 308 Å². The number of methoxy groups -OCH3 is 3. The van der Waals surface area contributed by atoms with Gasteiger partial charge in [0, 0.05) is 52.0 Å². The predicted molar refractivity (Wildman–Crippen MR) is 221 cm³/mol. The highest BCUT2D eigenvalue weighted by molar-refractivity contribution is 5.88. The molecule has 0 saturated heterocycles. The zero-order valence-electron chi connectivity index (χ0n) is 30.8. The van der Waals surface area contributed by atoms with Gasteiger partial charge in [0.15, 0.2) is 0 Å². The molecule has 0 aliphatic heterocycles. The molecule has 0 bridgehead atoms. The van der Waals surface area contributed by atoms with Gasteiger partial charge < -0.3 is 19.1 Å². The van der Waals surface area contributed by atoms with Crippen molar-refractivity contribution in [1.29, 1.82) is 0 Å². The van der Waals surface area contributed by atoms with Crippen LogP contribution in [0.15, 0.2) is 146 Å². The summed E-state index contributed by atoms with van der Waals surface area (Å²) in [5, 5.41) is 0. The number of nitrogens with zero attached hydrogens (tertiary/aromatic N) is 1. The van der Waals surface area contributed by atoms with Crippen molar-refractivity contribution in [1.82, 2.24) is 0 Å². The van der Waals surface area contributed by atoms with E-state index in [2.05, 4.69) is 171 Å². The van der Waals surface area contributed by atoms with E-state index in [0.717, 1.165) is 67.7 Å². The Balaban J connectivity index is 1.46. The first-order valence-electron chi connectivity index (χ1n) is 17.4. The summed E-state index contributed by atoms with van der Waals surface area (Å²) in [5.74, 6) is 2.31. The fraction of sp³-hybridized carbons (Fsp3) is 0.125. The molecule has 0 aliphatic rings. The molecule has 0 spiro atoms. The van der Waals surface area contributed by atoms with Crippen molar-refractivity contribution in [3.63, 3.8) is 0 Å². The van der Waals surface area contributed by atoms with E-state index in [9.17, 15) is 0 Å². The van der Waals surface area contributed by atoms with Crippen LogP contribution < -0.4 is 19.1 Å². The minimum absolute atomic E-state index is 0.771. The molecule has 0 N–H and O–H groups in total. The van der Waals surface area contributed by atoms with Gasteiger partial charge >= 0.3 is 0 Å². The van der Waals surface area contributed by atoms with Gasteiger partial charge in [-0.1, -0.05) is 91.0 Å². The maximum atomic E-state index is 6.01. The van der Waals surface area contributed by atoms with Crippen molar-refractivity contribution in [3.05, 3.63) is 179 Å². The van der Waals surface area contributed by atoms with E-state index in [-0.39, 0.29) is 0 Å². The first-order valence-corrected chi connectivity index (χ1v) is 17.4. The Bertz CT molecular complexity index is 1960. The summed E-state index contributed by atoms with van der Waals surface area (Å²) in [4.78, 5) is 2.21. The van der Waals surface area contributed by atoms with Crippen molar-refractivity contribution in [2.75, 3.05) is 26.2 Å². The third-order valence-electron chi connectivity index (χ3n) is 9.23. The molecule has 0 unspecified atom stereocenters. The number of hydrogen-bond acceptors (Lipinski definition) is 4. The van der Waals surface area contributed by atoms with E-state index in [1.807, 2.05) is 18.2 Å². The molecular weight excluding hydrogens is 639 g/mol. The van der Waals surface area contributed by atoms with Crippen LogP contribution in [0.5, 0.6) is 17.2 Å². The molecule has 0 heterocycles. The van der Waals surface area contributed by atoms with Gasteiger partial charge in [0.1, 0.15) is 17.2 Å². The van der Waals surface area contributed by atoms with Crippen LogP contribution in [0.25, 0.3) is 34.9 Å². The molecule has 4 heteroatoms. The second-order valence-electron chi connectivity index (χ2n) is 12.7. The lowest BCUT2D eigenvalue weighted by Gasteiger charge is -2.27. The van der Waals surface area contributed by atoms with Crippen LogP contribution in [-0.4, -0.2) is 21.3 Å². The first-order chi connectivity index (χ1) is 25.4. The van der Waals surface area contributed by atoms with Crippen LogP contribution in [0.4, 0.5) is 17.1 Å². The Morgan fingerprint density at radius 3 is 0.904 bits per heavy atom. The van der Waals surface area contributed by atoms with Crippen LogP contribution in [0.1, 0.15) is 54.2 Å². The molecule has 0 fully saturated rings. The summed E-state index contributed by atoms with van der Waals surface area (Å²) in [6.07, 6.45) is 6.50. The first kappa shape index (κ1) is 35.6. The average Bonchev–Trinajstić information content (AvgIpc) is 3.20. The van der Waals surface area contributed by atoms with Crippen LogP contribution in [-0.2, 0) is 0 Å². The summed E-state index contributed by atoms with van der Waals surface area (Å²) in [7, 11) is 5.16. The highest BCUT2D eigenvalue weighted by atomic mass is 16.5. The largest absolute Gasteiger partial charge is 0.496 e. The number of allylic oxidation sites excluding steroid dienone is 3. The van der Waals surface area contributed by atoms with Crippen LogP contribution in [0.2, 0.25) is 0 Å². The molecule has 6 aromatic carbocycles. The summed E-state index contributed by atoms with van der Waals surface area (Å²) >= 11 is 0. The monoisotopic (exact) mass is 683 g/mol. The highest BCUT2D eigenvalue weighted by Crippen LogP contribution is 2.42. The molecule has 6 aromatic rings. The lowest BCUT2D eigenvalue weighted by Crippen LogP contribution is -2.11. The van der Waals surface area contributed by atoms with Gasteiger partial charge in [-0.05, 0) is 109 Å². The molecule has 0 atom stereocenters. The summed E-state index contributed by atoms with van der Waals surface area (Å²) in [5.41, 5.74) is 12.8. The zero-order valence-corrected chi connectivity index (χ0v) is 30.8. The van der Waals surface area contributed by atoms with Crippen LogP contribution in [0, 0.1) is 0 Å². The molecule has 0 radical (unpaired) electrons. The molecule has 0 saturated carbocycles. The molecule has 0 amide bonds. The van der Waals surface area contributed by atoms with E-state index in [1.165, 1.54) is 16.7 Å². The predicted octanol–water partition coefficient (Wildman–Crippen LogP) is 12.9. The second-order valence-corrected chi connectivity index (χ2v) is 12.7. The Morgan fingerprint density at radius 2 is 0.654 bits per heavy atom. The number of benzene rings is 6. The third kappa shape index (κ3) is 8.20. The number of hydrogen-bond donors (Lipinski definition) is 0. The van der Waals surface area contributed by atoms with Crippen molar-refractivity contribution < 1.29 is 14.2 Å². The quantitative estimate of drug-likeness (QED) is 0.120. The van der Waals surface area contributed by atoms with Gasteiger partial charge in [0.05, 0.1) is 21.3 Å². The third-order valence-corrected chi connectivity index (χ3v) is 9.23. The highest BCUT2D eigenvalue weighted by Gasteiger charge is 2.18. The molecule has 260 valence electrons. The standard InChI is InChI=1S/C48H45NO3/c1-34(37-16-10-7-11-17-37)28-40-22-25-43(31-46(40)50-4)49(44-26-23-41(47(32-44)51-5)29-35(2)38-18-12-8-13-19-38)45-27-24-42(48(33-45)52-6)30-36(3)39-20-14-9-15-21-39/h7-33H,1-6H3/b34-28-,35-29+,36-30+. The van der Waals surface area contributed by atoms with Gasteiger partial charge in [-0.15, -0.1) is 0 Å². The zero-order chi connectivity index (χ0) is 36.5. The van der Waals surface area contributed by atoms with Crippen molar-refractivity contribution in [3.8, 4) is 17.2 Å². The Hall–Kier alpha value is -6.26. The SMILES string of the molecule is COc1cc(N(c2ccc(/C=C(\C)c3ccccc3)c(OC)c2)c2ccc(/C=C(\C)c3ccccc3)c(OC)c2)ccc1/C=C(/C)c1ccccc1. The number of rotatable bonds is 12. The molecule has 0 aliphatic carbocycles. The van der Waals surface area contributed by atoms with E-state index in [1.54, 1.807) is 21.3 Å². The lowest BCUT2D eigenvalue weighted by molar-refractivity contribution is 0.413. The Kier molecular flexibility index (Phi) is 11.4. The van der Waals surface area contributed by atoms with Crippen molar-refractivity contribution in [2.45, 2.75) is 20.8 Å². The van der Waals surface area contributed by atoms with E-state index in [0.29, 0.717) is 0 Å². The summed E-state index contributed by atoms with van der Waals surface area (Å²) in [6.45, 7) is 6.37. The lowest BCUT2D eigenvalue weighted by atomic mass is 10.0. The van der Waals surface area contributed by atoms with Crippen molar-refractivity contribution >= 4 is 52.0 Å².